The SMILES string of the molecule is CCc1ccc(N(C(=O)[C@@H]2CC(=O)Nc3ccccc32)c2nc3ccccc3s2)cc1. The van der Waals surface area contributed by atoms with E-state index in [9.17, 15) is 9.59 Å². The maximum Gasteiger partial charge on any atom is 0.241 e. The van der Waals surface area contributed by atoms with Crippen molar-refractivity contribution in [3.05, 3.63) is 83.9 Å². The Morgan fingerprint density at radius 3 is 2.58 bits per heavy atom. The number of hydrogen-bond acceptors (Lipinski definition) is 4. The number of carbonyl (C=O) groups is 2. The van der Waals surface area contributed by atoms with Gasteiger partial charge < -0.3 is 5.32 Å². The minimum absolute atomic E-state index is 0.115. The van der Waals surface area contributed by atoms with E-state index in [0.717, 1.165) is 27.9 Å². The molecule has 0 bridgehead atoms. The number of aryl methyl sites for hydroxylation is 1. The van der Waals surface area contributed by atoms with Gasteiger partial charge in [-0.15, -0.1) is 0 Å². The van der Waals surface area contributed by atoms with Crippen molar-refractivity contribution in [1.29, 1.82) is 0 Å². The maximum atomic E-state index is 14.0. The highest BCUT2D eigenvalue weighted by atomic mass is 32.1. The summed E-state index contributed by atoms with van der Waals surface area (Å²) in [5.74, 6) is -0.865. The van der Waals surface area contributed by atoms with Crippen LogP contribution in [0.25, 0.3) is 10.2 Å². The summed E-state index contributed by atoms with van der Waals surface area (Å²) in [5, 5.41) is 3.49. The molecule has 5 nitrogen and oxygen atoms in total. The van der Waals surface area contributed by atoms with Crippen molar-refractivity contribution >= 4 is 49.9 Å². The van der Waals surface area contributed by atoms with Crippen molar-refractivity contribution in [1.82, 2.24) is 4.98 Å². The molecule has 0 saturated heterocycles. The van der Waals surface area contributed by atoms with Gasteiger partial charge in [0, 0.05) is 12.1 Å². The predicted molar refractivity (Wildman–Crippen MR) is 125 cm³/mol. The number of nitrogens with one attached hydrogen (secondary N) is 1. The van der Waals surface area contributed by atoms with E-state index in [1.165, 1.54) is 16.9 Å². The van der Waals surface area contributed by atoms with Crippen LogP contribution in [0.2, 0.25) is 0 Å². The van der Waals surface area contributed by atoms with E-state index in [2.05, 4.69) is 12.2 Å². The first-order valence-electron chi connectivity index (χ1n) is 10.3. The normalized spacial score (nSPS) is 15.4. The zero-order chi connectivity index (χ0) is 21.4. The molecule has 0 fully saturated rings. The van der Waals surface area contributed by atoms with E-state index in [4.69, 9.17) is 4.98 Å². The highest BCUT2D eigenvalue weighted by Crippen LogP contribution is 2.39. The van der Waals surface area contributed by atoms with Gasteiger partial charge in [-0.05, 0) is 47.9 Å². The van der Waals surface area contributed by atoms with Crippen LogP contribution >= 0.6 is 11.3 Å². The minimum atomic E-state index is -0.567. The Morgan fingerprint density at radius 1 is 1.06 bits per heavy atom. The molecular weight excluding hydrogens is 406 g/mol. The lowest BCUT2D eigenvalue weighted by Crippen LogP contribution is -2.36. The Bertz CT molecular complexity index is 1250. The van der Waals surface area contributed by atoms with Gasteiger partial charge in [-0.1, -0.05) is 60.7 Å². The average molecular weight is 428 g/mol. The third-order valence-electron chi connectivity index (χ3n) is 5.59. The van der Waals surface area contributed by atoms with Crippen LogP contribution in [0, 0.1) is 0 Å². The Labute approximate surface area is 184 Å². The average Bonchev–Trinajstić information content (AvgIpc) is 3.22. The number of carbonyl (C=O) groups excluding carboxylic acids is 2. The molecule has 1 aromatic heterocycles. The topological polar surface area (TPSA) is 62.3 Å². The van der Waals surface area contributed by atoms with Crippen molar-refractivity contribution in [2.45, 2.75) is 25.7 Å². The van der Waals surface area contributed by atoms with Crippen molar-refractivity contribution in [3.63, 3.8) is 0 Å². The first-order chi connectivity index (χ1) is 15.1. The molecule has 3 aromatic carbocycles. The van der Waals surface area contributed by atoms with E-state index < -0.39 is 5.92 Å². The molecule has 2 heterocycles. The summed E-state index contributed by atoms with van der Waals surface area (Å²) in [6.45, 7) is 2.10. The number of aromatic nitrogens is 1. The molecule has 0 spiro atoms. The van der Waals surface area contributed by atoms with Gasteiger partial charge >= 0.3 is 0 Å². The van der Waals surface area contributed by atoms with Crippen LogP contribution in [0.3, 0.4) is 0 Å². The number of thiazole rings is 1. The number of benzene rings is 3. The molecule has 1 aliphatic rings. The fraction of sp³-hybridized carbons (Fsp3) is 0.160. The molecule has 1 atom stereocenters. The lowest BCUT2D eigenvalue weighted by atomic mass is 9.89. The summed E-state index contributed by atoms with van der Waals surface area (Å²) in [5.41, 5.74) is 4.34. The number of rotatable bonds is 4. The molecule has 0 unspecified atom stereocenters. The Balaban J connectivity index is 1.63. The lowest BCUT2D eigenvalue weighted by molar-refractivity contribution is -0.124. The molecule has 154 valence electrons. The monoisotopic (exact) mass is 427 g/mol. The molecule has 31 heavy (non-hydrogen) atoms. The van der Waals surface area contributed by atoms with E-state index in [0.29, 0.717) is 10.8 Å². The fourth-order valence-electron chi connectivity index (χ4n) is 3.96. The molecule has 5 rings (SSSR count). The molecule has 0 aliphatic carbocycles. The number of nitrogens with zero attached hydrogens (tertiary/aromatic N) is 2. The molecule has 0 radical (unpaired) electrons. The van der Waals surface area contributed by atoms with Gasteiger partial charge in [0.1, 0.15) is 0 Å². The Kier molecular flexibility index (Phi) is 5.00. The van der Waals surface area contributed by atoms with Gasteiger partial charge in [-0.3, -0.25) is 14.5 Å². The number of fused-ring (bicyclic) bond motifs is 2. The number of hydrogen-bond donors (Lipinski definition) is 1. The molecular formula is C25H21N3O2S. The second-order valence-corrected chi connectivity index (χ2v) is 8.56. The quantitative estimate of drug-likeness (QED) is 0.458. The smallest absolute Gasteiger partial charge is 0.241 e. The summed E-state index contributed by atoms with van der Waals surface area (Å²) in [6.07, 6.45) is 1.04. The summed E-state index contributed by atoms with van der Waals surface area (Å²) in [7, 11) is 0. The lowest BCUT2D eigenvalue weighted by Gasteiger charge is -2.29. The third kappa shape index (κ3) is 3.59. The molecule has 4 aromatic rings. The van der Waals surface area contributed by atoms with Crippen LogP contribution in [-0.2, 0) is 16.0 Å². The van der Waals surface area contributed by atoms with Crippen molar-refractivity contribution in [3.8, 4) is 0 Å². The maximum absolute atomic E-state index is 14.0. The van der Waals surface area contributed by atoms with E-state index in [1.54, 1.807) is 4.90 Å². The number of amides is 2. The van der Waals surface area contributed by atoms with Gasteiger partial charge in [-0.25, -0.2) is 4.98 Å². The van der Waals surface area contributed by atoms with Gasteiger partial charge in [0.2, 0.25) is 11.8 Å². The first kappa shape index (κ1) is 19.5. The molecule has 1 aliphatic heterocycles. The summed E-state index contributed by atoms with van der Waals surface area (Å²) in [4.78, 5) is 32.7. The van der Waals surface area contributed by atoms with Crippen LogP contribution in [0.5, 0.6) is 0 Å². The molecule has 1 N–H and O–H groups in total. The standard InChI is InChI=1S/C25H21N3O2S/c1-2-16-11-13-17(14-12-16)28(25-27-21-9-5-6-10-22(21)31-25)24(30)19-15-23(29)26-20-8-4-3-7-18(19)20/h3-14,19H,2,15H2,1H3,(H,26,29)/t19-/m1/s1. The van der Waals surface area contributed by atoms with Gasteiger partial charge in [-0.2, -0.15) is 0 Å². The van der Waals surface area contributed by atoms with Crippen LogP contribution in [0.4, 0.5) is 16.5 Å². The van der Waals surface area contributed by atoms with Crippen molar-refractivity contribution in [2.75, 3.05) is 10.2 Å². The predicted octanol–water partition coefficient (Wildman–Crippen LogP) is 5.65. The summed E-state index contributed by atoms with van der Waals surface area (Å²) >= 11 is 1.48. The van der Waals surface area contributed by atoms with Crippen molar-refractivity contribution in [2.24, 2.45) is 0 Å². The number of para-hydroxylation sites is 2. The van der Waals surface area contributed by atoms with Gasteiger partial charge in [0.25, 0.3) is 0 Å². The minimum Gasteiger partial charge on any atom is -0.326 e. The highest BCUT2D eigenvalue weighted by molar-refractivity contribution is 7.22. The Hall–Kier alpha value is -3.51. The van der Waals surface area contributed by atoms with Crippen LogP contribution in [-0.4, -0.2) is 16.8 Å². The number of anilines is 3. The van der Waals surface area contributed by atoms with Crippen LogP contribution in [0.15, 0.2) is 72.8 Å². The highest BCUT2D eigenvalue weighted by Gasteiger charge is 2.35. The zero-order valence-electron chi connectivity index (χ0n) is 17.0. The third-order valence-corrected chi connectivity index (χ3v) is 6.62. The molecule has 2 amide bonds. The van der Waals surface area contributed by atoms with Crippen molar-refractivity contribution < 1.29 is 9.59 Å². The summed E-state index contributed by atoms with van der Waals surface area (Å²) < 4.78 is 1.02. The van der Waals surface area contributed by atoms with Crippen LogP contribution < -0.4 is 10.2 Å². The molecule has 0 saturated carbocycles. The molecule has 6 heteroatoms. The van der Waals surface area contributed by atoms with E-state index >= 15 is 0 Å². The van der Waals surface area contributed by atoms with E-state index in [-0.39, 0.29) is 18.2 Å². The second kappa shape index (κ2) is 7.96. The summed E-state index contributed by atoms with van der Waals surface area (Å²) in [6, 6.07) is 23.3. The van der Waals surface area contributed by atoms with Gasteiger partial charge in [0.05, 0.1) is 21.8 Å². The first-order valence-corrected chi connectivity index (χ1v) is 11.1. The van der Waals surface area contributed by atoms with E-state index in [1.807, 2.05) is 72.8 Å². The Morgan fingerprint density at radius 2 is 1.81 bits per heavy atom. The largest absolute Gasteiger partial charge is 0.326 e. The fourth-order valence-corrected chi connectivity index (χ4v) is 4.95. The van der Waals surface area contributed by atoms with Crippen LogP contribution in [0.1, 0.15) is 30.4 Å². The zero-order valence-corrected chi connectivity index (χ0v) is 17.9. The second-order valence-electron chi connectivity index (χ2n) is 7.55. The van der Waals surface area contributed by atoms with Gasteiger partial charge in [0.15, 0.2) is 5.13 Å².